The Morgan fingerprint density at radius 1 is 1.14 bits per heavy atom. The van der Waals surface area contributed by atoms with Gasteiger partial charge in [-0.05, 0) is 48.9 Å². The predicted molar refractivity (Wildman–Crippen MR) is 128 cm³/mol. The first-order valence-electron chi connectivity index (χ1n) is 11.5. The van der Waals surface area contributed by atoms with Crippen LogP contribution in [0.5, 0.6) is 0 Å². The van der Waals surface area contributed by atoms with Gasteiger partial charge >= 0.3 is 6.18 Å². The van der Waals surface area contributed by atoms with Crippen molar-refractivity contribution in [1.82, 2.24) is 9.62 Å². The van der Waals surface area contributed by atoms with Gasteiger partial charge in [0.25, 0.3) is 10.0 Å². The monoisotopic (exact) mass is 533 g/mol. The van der Waals surface area contributed by atoms with Crippen molar-refractivity contribution in [3.8, 4) is 0 Å². The zero-order valence-electron chi connectivity index (χ0n) is 19.4. The number of hydrogen-bond acceptors (Lipinski definition) is 7. The second-order valence-electron chi connectivity index (χ2n) is 9.05. The molecular formula is C23H30F3N3O4S2. The maximum atomic E-state index is 13.2. The van der Waals surface area contributed by atoms with E-state index in [2.05, 4.69) is 5.32 Å². The van der Waals surface area contributed by atoms with Gasteiger partial charge in [-0.2, -0.15) is 17.5 Å². The summed E-state index contributed by atoms with van der Waals surface area (Å²) in [6.45, 7) is 3.49. The Kier molecular flexibility index (Phi) is 7.79. The van der Waals surface area contributed by atoms with E-state index in [1.54, 1.807) is 29.6 Å². The van der Waals surface area contributed by atoms with E-state index in [4.69, 9.17) is 4.74 Å². The number of aliphatic hydroxyl groups is 1. The summed E-state index contributed by atoms with van der Waals surface area (Å²) in [5.74, 6) is 0. The molecule has 1 aromatic heterocycles. The number of nitrogens with one attached hydrogen (secondary N) is 1. The Bertz CT molecular complexity index is 1070. The van der Waals surface area contributed by atoms with E-state index < -0.39 is 21.8 Å². The molecule has 2 aliphatic heterocycles. The summed E-state index contributed by atoms with van der Waals surface area (Å²) in [5.41, 5.74) is -2.52. The molecule has 0 amide bonds. The Balaban J connectivity index is 1.55. The third-order valence-corrected chi connectivity index (χ3v) is 9.95. The Morgan fingerprint density at radius 3 is 2.43 bits per heavy atom. The summed E-state index contributed by atoms with van der Waals surface area (Å²) < 4.78 is 73.2. The van der Waals surface area contributed by atoms with Crippen molar-refractivity contribution < 1.29 is 31.4 Å². The number of benzene rings is 1. The van der Waals surface area contributed by atoms with Gasteiger partial charge in [0.05, 0.1) is 6.04 Å². The van der Waals surface area contributed by atoms with Crippen molar-refractivity contribution in [3.63, 3.8) is 0 Å². The van der Waals surface area contributed by atoms with Crippen molar-refractivity contribution in [2.45, 2.75) is 47.8 Å². The molecule has 0 unspecified atom stereocenters. The number of nitrogens with zero attached hydrogens (tertiary/aromatic N) is 2. The Morgan fingerprint density at radius 2 is 1.83 bits per heavy atom. The lowest BCUT2D eigenvalue weighted by atomic mass is 9.95. The van der Waals surface area contributed by atoms with E-state index in [-0.39, 0.29) is 30.7 Å². The summed E-state index contributed by atoms with van der Waals surface area (Å²) in [6.07, 6.45) is -3.07. The van der Waals surface area contributed by atoms with Gasteiger partial charge in [-0.1, -0.05) is 18.2 Å². The summed E-state index contributed by atoms with van der Waals surface area (Å²) >= 11 is 1.18. The lowest BCUT2D eigenvalue weighted by molar-refractivity contribution is -0.258. The average molecular weight is 534 g/mol. The number of hydrogen-bond donors (Lipinski definition) is 2. The van der Waals surface area contributed by atoms with E-state index in [9.17, 15) is 26.7 Å². The van der Waals surface area contributed by atoms with Crippen LogP contribution in [0.15, 0.2) is 46.0 Å². The molecule has 4 rings (SSSR count). The molecule has 3 heterocycles. The second-order valence-corrected chi connectivity index (χ2v) is 12.2. The summed E-state index contributed by atoms with van der Waals surface area (Å²) in [7, 11) is -3.62. The lowest BCUT2D eigenvalue weighted by Crippen LogP contribution is -2.58. The Hall–Kier alpha value is -1.70. The number of piperazine rings is 1. The summed E-state index contributed by atoms with van der Waals surface area (Å²) in [5, 5.41) is 15.2. The highest BCUT2D eigenvalue weighted by atomic mass is 32.2. The number of ether oxygens (including phenoxy) is 1. The van der Waals surface area contributed by atoms with Crippen molar-refractivity contribution in [2.24, 2.45) is 0 Å². The zero-order valence-corrected chi connectivity index (χ0v) is 21.0. The summed E-state index contributed by atoms with van der Waals surface area (Å²) in [4.78, 5) is 2.03. The number of rotatable bonds is 7. The maximum absolute atomic E-state index is 13.2. The molecule has 2 fully saturated rings. The first-order chi connectivity index (χ1) is 16.5. The van der Waals surface area contributed by atoms with Crippen LogP contribution in [0.25, 0.3) is 0 Å². The molecule has 0 radical (unpaired) electrons. The molecule has 0 spiro atoms. The smallest absolute Gasteiger partial charge is 0.381 e. The van der Waals surface area contributed by atoms with Crippen LogP contribution in [0.4, 0.5) is 18.9 Å². The van der Waals surface area contributed by atoms with Gasteiger partial charge in [-0.3, -0.25) is 0 Å². The fraction of sp³-hybridized carbons (Fsp3) is 0.565. The van der Waals surface area contributed by atoms with E-state index in [0.29, 0.717) is 36.2 Å². The summed E-state index contributed by atoms with van der Waals surface area (Å²) in [6, 6.07) is 9.00. The molecular weight excluding hydrogens is 503 g/mol. The van der Waals surface area contributed by atoms with Crippen molar-refractivity contribution in [2.75, 3.05) is 44.3 Å². The van der Waals surface area contributed by atoms with Gasteiger partial charge in [0.15, 0.2) is 5.60 Å². The van der Waals surface area contributed by atoms with E-state index in [1.807, 2.05) is 4.90 Å². The highest BCUT2D eigenvalue weighted by Gasteiger charge is 2.51. The van der Waals surface area contributed by atoms with Crippen LogP contribution in [0.3, 0.4) is 0 Å². The van der Waals surface area contributed by atoms with E-state index in [1.165, 1.54) is 27.8 Å². The largest absolute Gasteiger partial charge is 0.421 e. The maximum Gasteiger partial charge on any atom is 0.421 e. The van der Waals surface area contributed by atoms with Gasteiger partial charge in [-0.25, -0.2) is 8.42 Å². The Labute approximate surface area is 207 Å². The normalized spacial score (nSPS) is 22.8. The second kappa shape index (κ2) is 10.3. The number of anilines is 1. The van der Waals surface area contributed by atoms with Gasteiger partial charge in [0, 0.05) is 51.1 Å². The van der Waals surface area contributed by atoms with Gasteiger partial charge in [-0.15, -0.1) is 11.3 Å². The molecule has 2 saturated heterocycles. The van der Waals surface area contributed by atoms with E-state index >= 15 is 0 Å². The highest BCUT2D eigenvalue weighted by molar-refractivity contribution is 7.91. The molecule has 12 heteroatoms. The minimum atomic E-state index is -4.80. The van der Waals surface area contributed by atoms with Crippen molar-refractivity contribution in [3.05, 3.63) is 47.3 Å². The highest BCUT2D eigenvalue weighted by Crippen LogP contribution is 2.39. The first-order valence-corrected chi connectivity index (χ1v) is 13.8. The lowest BCUT2D eigenvalue weighted by Gasteiger charge is -2.43. The third-order valence-electron chi connectivity index (χ3n) is 6.71. The van der Waals surface area contributed by atoms with Crippen LogP contribution in [0.1, 0.15) is 25.3 Å². The van der Waals surface area contributed by atoms with Crippen LogP contribution in [0, 0.1) is 0 Å². The molecule has 0 aliphatic carbocycles. The molecule has 2 atom stereocenters. The number of sulfonamides is 1. The molecule has 194 valence electrons. The minimum Gasteiger partial charge on any atom is -0.381 e. The minimum absolute atomic E-state index is 0.227. The molecule has 2 N–H and O–H groups in total. The molecule has 0 saturated carbocycles. The quantitative estimate of drug-likeness (QED) is 0.569. The number of thiophene rings is 1. The van der Waals surface area contributed by atoms with Crippen LogP contribution in [-0.4, -0.2) is 75.5 Å². The first kappa shape index (κ1) is 26.4. The molecule has 7 nitrogen and oxygen atoms in total. The zero-order chi connectivity index (χ0) is 25.3. The molecule has 0 bridgehead atoms. The SMILES string of the molecule is C[C@](O)(c1ccc(N2CCN(S(=O)(=O)c3cccs3)C[C@@H]2CNC2CCOCC2)cc1)C(F)(F)F. The van der Waals surface area contributed by atoms with Crippen LogP contribution in [0.2, 0.25) is 0 Å². The van der Waals surface area contributed by atoms with E-state index in [0.717, 1.165) is 19.8 Å². The van der Waals surface area contributed by atoms with Crippen LogP contribution in [-0.2, 0) is 20.4 Å². The fourth-order valence-electron chi connectivity index (χ4n) is 4.44. The van der Waals surface area contributed by atoms with Crippen LogP contribution < -0.4 is 10.2 Å². The predicted octanol–water partition coefficient (Wildman–Crippen LogP) is 3.17. The third kappa shape index (κ3) is 5.67. The number of halogens is 3. The molecule has 35 heavy (non-hydrogen) atoms. The van der Waals surface area contributed by atoms with Crippen molar-refractivity contribution >= 4 is 27.0 Å². The van der Waals surface area contributed by atoms with Crippen LogP contribution >= 0.6 is 11.3 Å². The molecule has 1 aromatic carbocycles. The fourth-order valence-corrected chi connectivity index (χ4v) is 7.06. The topological polar surface area (TPSA) is 82.1 Å². The number of alkyl halides is 3. The van der Waals surface area contributed by atoms with Crippen molar-refractivity contribution in [1.29, 1.82) is 0 Å². The molecule has 2 aliphatic rings. The van der Waals surface area contributed by atoms with Gasteiger partial charge in [0.2, 0.25) is 0 Å². The molecule has 2 aromatic rings. The van der Waals surface area contributed by atoms with Gasteiger partial charge in [0.1, 0.15) is 4.21 Å². The average Bonchev–Trinajstić information content (AvgIpc) is 3.39. The standard InChI is InChI=1S/C23H30F3N3O4S2/c1-22(30,23(24,25)26)17-4-6-19(7-5-17)29-11-10-28(35(31,32)21-3-2-14-34-21)16-20(29)15-27-18-8-12-33-13-9-18/h2-7,14,18,20,27,30H,8-13,15-16H2,1H3/t20-,22-/m0/s1. The van der Waals surface area contributed by atoms with Gasteiger partial charge < -0.3 is 20.1 Å².